The molecule has 0 saturated carbocycles. The van der Waals surface area contributed by atoms with Crippen molar-refractivity contribution in [3.05, 3.63) is 51.2 Å². The van der Waals surface area contributed by atoms with Crippen molar-refractivity contribution < 1.29 is 19.3 Å². The molecule has 2 aliphatic rings. The summed E-state index contributed by atoms with van der Waals surface area (Å²) >= 11 is 0. The monoisotopic (exact) mass is 429 g/mol. The minimum absolute atomic E-state index is 0.122. The molecule has 0 fully saturated rings. The van der Waals surface area contributed by atoms with Crippen molar-refractivity contribution in [3.8, 4) is 0 Å². The van der Waals surface area contributed by atoms with E-state index in [1.807, 2.05) is 13.8 Å². The third-order valence-corrected chi connectivity index (χ3v) is 5.51. The Kier molecular flexibility index (Phi) is 6.28. The summed E-state index contributed by atoms with van der Waals surface area (Å²) in [6.07, 6.45) is 0. The fraction of sp³-hybridized carbons (Fsp3) is 0.476. The Bertz CT molecular complexity index is 957. The summed E-state index contributed by atoms with van der Waals surface area (Å²) in [6.45, 7) is 8.37. The van der Waals surface area contributed by atoms with Crippen molar-refractivity contribution in [2.24, 2.45) is 5.92 Å². The van der Waals surface area contributed by atoms with Crippen LogP contribution in [-0.2, 0) is 9.59 Å². The molecule has 2 atom stereocenters. The van der Waals surface area contributed by atoms with Crippen molar-refractivity contribution in [1.82, 2.24) is 20.4 Å². The molecular formula is C21H27N5O5. The molecule has 31 heavy (non-hydrogen) atoms. The Labute approximate surface area is 180 Å². The van der Waals surface area contributed by atoms with Crippen LogP contribution in [0, 0.1) is 16.0 Å². The number of likely N-dealkylation sites (N-methyl/N-ethyl adjacent to an activating group) is 1. The number of amides is 4. The highest BCUT2D eigenvalue weighted by atomic mass is 16.6. The molecule has 10 nitrogen and oxygen atoms in total. The van der Waals surface area contributed by atoms with Crippen LogP contribution in [0.5, 0.6) is 0 Å². The maximum atomic E-state index is 13.4. The van der Waals surface area contributed by atoms with Gasteiger partial charge in [-0.25, -0.2) is 4.79 Å². The standard InChI is InChI=1S/C21H27N5O5/c1-5-24-16-11-25(13(4)19(27)22-10-12(2)3)20(28)17(16)18(23-21(24)29)14-7-6-8-15(9-14)26(30)31/h6-9,12-13,18H,5,10-11H2,1-4H3,(H,22,27)(H,23,29)/t13-,18+/m1/s1. The lowest BCUT2D eigenvalue weighted by Gasteiger charge is -2.32. The lowest BCUT2D eigenvalue weighted by Crippen LogP contribution is -2.47. The van der Waals surface area contributed by atoms with Crippen molar-refractivity contribution in [3.63, 3.8) is 0 Å². The van der Waals surface area contributed by atoms with Gasteiger partial charge in [0, 0.05) is 25.2 Å². The van der Waals surface area contributed by atoms with E-state index in [0.29, 0.717) is 29.9 Å². The summed E-state index contributed by atoms with van der Waals surface area (Å²) < 4.78 is 0. The highest BCUT2D eigenvalue weighted by Gasteiger charge is 2.46. The molecule has 0 saturated heterocycles. The first-order valence-electron chi connectivity index (χ1n) is 10.3. The normalized spacial score (nSPS) is 19.5. The molecule has 1 aromatic carbocycles. The van der Waals surface area contributed by atoms with E-state index < -0.39 is 17.0 Å². The van der Waals surface area contributed by atoms with E-state index in [4.69, 9.17) is 0 Å². The molecule has 3 rings (SSSR count). The number of benzene rings is 1. The van der Waals surface area contributed by atoms with Crippen LogP contribution < -0.4 is 10.6 Å². The van der Waals surface area contributed by atoms with Gasteiger partial charge >= 0.3 is 6.03 Å². The molecule has 0 unspecified atom stereocenters. The van der Waals surface area contributed by atoms with Crippen LogP contribution in [0.15, 0.2) is 35.5 Å². The molecule has 0 aliphatic carbocycles. The predicted octanol–water partition coefficient (Wildman–Crippen LogP) is 1.94. The Hall–Kier alpha value is -3.43. The summed E-state index contributed by atoms with van der Waals surface area (Å²) in [5, 5.41) is 16.8. The maximum absolute atomic E-state index is 13.4. The van der Waals surface area contributed by atoms with Gasteiger partial charge in [-0.15, -0.1) is 0 Å². The van der Waals surface area contributed by atoms with E-state index in [1.54, 1.807) is 19.9 Å². The van der Waals surface area contributed by atoms with E-state index in [1.165, 1.54) is 28.0 Å². The number of non-ortho nitro benzene ring substituents is 1. The van der Waals surface area contributed by atoms with E-state index in [0.717, 1.165) is 0 Å². The minimum atomic E-state index is -0.825. The van der Waals surface area contributed by atoms with Gasteiger partial charge in [0.05, 0.1) is 28.8 Å². The largest absolute Gasteiger partial charge is 0.354 e. The molecule has 0 aromatic heterocycles. The molecular weight excluding hydrogens is 402 g/mol. The molecule has 0 bridgehead atoms. The van der Waals surface area contributed by atoms with E-state index in [2.05, 4.69) is 10.6 Å². The van der Waals surface area contributed by atoms with Gasteiger partial charge in [-0.2, -0.15) is 0 Å². The van der Waals surface area contributed by atoms with Crippen molar-refractivity contribution >= 4 is 23.5 Å². The number of nitro groups is 1. The number of rotatable bonds is 7. The van der Waals surface area contributed by atoms with Crippen LogP contribution in [0.4, 0.5) is 10.5 Å². The highest BCUT2D eigenvalue weighted by molar-refractivity contribution is 6.03. The molecule has 4 amide bonds. The number of nitrogens with one attached hydrogen (secondary N) is 2. The average Bonchev–Trinajstić information content (AvgIpc) is 3.07. The van der Waals surface area contributed by atoms with Crippen molar-refractivity contribution in [2.45, 2.75) is 39.8 Å². The van der Waals surface area contributed by atoms with E-state index >= 15 is 0 Å². The van der Waals surface area contributed by atoms with Gasteiger partial charge in [0.15, 0.2) is 0 Å². The highest BCUT2D eigenvalue weighted by Crippen LogP contribution is 2.37. The predicted molar refractivity (Wildman–Crippen MR) is 113 cm³/mol. The van der Waals surface area contributed by atoms with Crippen LogP contribution in [-0.4, -0.2) is 58.2 Å². The van der Waals surface area contributed by atoms with Crippen LogP contribution in [0.25, 0.3) is 0 Å². The van der Waals surface area contributed by atoms with Crippen LogP contribution in [0.3, 0.4) is 0 Å². The third kappa shape index (κ3) is 4.23. The Morgan fingerprint density at radius 3 is 2.65 bits per heavy atom. The number of carbonyl (C=O) groups excluding carboxylic acids is 3. The fourth-order valence-electron chi connectivity index (χ4n) is 3.82. The second-order valence-electron chi connectivity index (χ2n) is 8.09. The smallest absolute Gasteiger partial charge is 0.322 e. The van der Waals surface area contributed by atoms with Crippen molar-refractivity contribution in [2.75, 3.05) is 19.6 Å². The molecule has 2 heterocycles. The second-order valence-corrected chi connectivity index (χ2v) is 8.09. The Morgan fingerprint density at radius 2 is 2.03 bits per heavy atom. The van der Waals surface area contributed by atoms with E-state index in [-0.39, 0.29) is 36.0 Å². The zero-order valence-corrected chi connectivity index (χ0v) is 18.0. The molecule has 0 radical (unpaired) electrons. The summed E-state index contributed by atoms with van der Waals surface area (Å²) in [6, 6.07) is 3.93. The van der Waals surface area contributed by atoms with Gasteiger partial charge < -0.3 is 15.5 Å². The van der Waals surface area contributed by atoms with Crippen LogP contribution in [0.1, 0.15) is 39.3 Å². The van der Waals surface area contributed by atoms with Crippen molar-refractivity contribution in [1.29, 1.82) is 0 Å². The summed E-state index contributed by atoms with van der Waals surface area (Å²) in [7, 11) is 0. The number of nitro benzene ring substituents is 1. The summed E-state index contributed by atoms with van der Waals surface area (Å²) in [5.41, 5.74) is 1.18. The van der Waals surface area contributed by atoms with Gasteiger partial charge in [0.2, 0.25) is 5.91 Å². The number of nitrogens with zero attached hydrogens (tertiary/aromatic N) is 3. The molecule has 2 aliphatic heterocycles. The zero-order valence-electron chi connectivity index (χ0n) is 18.0. The Balaban J connectivity index is 1.95. The first-order chi connectivity index (χ1) is 14.6. The average molecular weight is 429 g/mol. The SMILES string of the molecule is CCN1C(=O)N[C@@H](c2cccc([N+](=O)[O-])c2)C2=C1CN([C@H](C)C(=O)NCC(C)C)C2=O. The topological polar surface area (TPSA) is 125 Å². The number of carbonyl (C=O) groups is 3. The summed E-state index contributed by atoms with van der Waals surface area (Å²) in [5.74, 6) is -0.360. The zero-order chi connectivity index (χ0) is 22.9. The fourth-order valence-corrected chi connectivity index (χ4v) is 3.82. The molecule has 0 spiro atoms. The van der Waals surface area contributed by atoms with Gasteiger partial charge in [-0.1, -0.05) is 26.0 Å². The van der Waals surface area contributed by atoms with Gasteiger partial charge in [-0.05, 0) is 25.3 Å². The number of hydrogen-bond acceptors (Lipinski definition) is 5. The second kappa shape index (κ2) is 8.75. The third-order valence-electron chi connectivity index (χ3n) is 5.51. The van der Waals surface area contributed by atoms with E-state index in [9.17, 15) is 24.5 Å². The minimum Gasteiger partial charge on any atom is -0.354 e. The first kappa shape index (κ1) is 22.3. The van der Waals surface area contributed by atoms with Gasteiger partial charge in [-0.3, -0.25) is 24.6 Å². The quantitative estimate of drug-likeness (QED) is 0.506. The number of urea groups is 1. The first-order valence-corrected chi connectivity index (χ1v) is 10.3. The maximum Gasteiger partial charge on any atom is 0.322 e. The van der Waals surface area contributed by atoms with Gasteiger partial charge in [0.1, 0.15) is 6.04 Å². The molecule has 1 aromatic rings. The molecule has 10 heteroatoms. The van der Waals surface area contributed by atoms with Crippen LogP contribution in [0.2, 0.25) is 0 Å². The lowest BCUT2D eigenvalue weighted by atomic mass is 9.95. The molecule has 2 N–H and O–H groups in total. The number of hydrogen-bond donors (Lipinski definition) is 2. The van der Waals surface area contributed by atoms with Gasteiger partial charge in [0.25, 0.3) is 11.6 Å². The van der Waals surface area contributed by atoms with Crippen LogP contribution >= 0.6 is 0 Å². The molecule has 166 valence electrons. The lowest BCUT2D eigenvalue weighted by molar-refractivity contribution is -0.384. The Morgan fingerprint density at radius 1 is 1.32 bits per heavy atom. The summed E-state index contributed by atoms with van der Waals surface area (Å²) in [4.78, 5) is 52.2.